The van der Waals surface area contributed by atoms with Crippen LogP contribution in [0.4, 0.5) is 14.5 Å². The van der Waals surface area contributed by atoms with Crippen molar-refractivity contribution in [3.8, 4) is 0 Å². The number of fused-ring (bicyclic) bond motifs is 1. The number of hydrogen-bond donors (Lipinski definition) is 2. The standard InChI is InChI=1S/C19H20F2N2O3S/c1-12(11-27(25,26)15-5-3-14(20)4-6-15)19(24)23-17-7-2-13-10-22-9-8-16(13)18(17)21/h2-7,12,22H,8-11H2,1H3,(H,23,24). The second-order valence-corrected chi connectivity index (χ2v) is 8.65. The number of hydrogen-bond acceptors (Lipinski definition) is 4. The largest absolute Gasteiger partial charge is 0.323 e. The summed E-state index contributed by atoms with van der Waals surface area (Å²) in [6.45, 7) is 2.69. The molecule has 0 bridgehead atoms. The molecule has 5 nitrogen and oxygen atoms in total. The summed E-state index contributed by atoms with van der Waals surface area (Å²) in [5, 5.41) is 5.63. The minimum atomic E-state index is -3.77. The van der Waals surface area contributed by atoms with E-state index in [1.165, 1.54) is 13.0 Å². The lowest BCUT2D eigenvalue weighted by atomic mass is 9.99. The van der Waals surface area contributed by atoms with E-state index in [0.717, 1.165) is 29.8 Å². The molecular weight excluding hydrogens is 374 g/mol. The van der Waals surface area contributed by atoms with E-state index in [1.54, 1.807) is 6.07 Å². The highest BCUT2D eigenvalue weighted by Gasteiger charge is 2.25. The molecule has 1 aliphatic heterocycles. The van der Waals surface area contributed by atoms with Gasteiger partial charge in [0.05, 0.1) is 16.3 Å². The van der Waals surface area contributed by atoms with Crippen LogP contribution in [-0.2, 0) is 27.6 Å². The normalized spacial score (nSPS) is 15.1. The monoisotopic (exact) mass is 394 g/mol. The average Bonchev–Trinajstić information content (AvgIpc) is 2.64. The van der Waals surface area contributed by atoms with Crippen molar-refractivity contribution in [2.45, 2.75) is 24.8 Å². The van der Waals surface area contributed by atoms with Gasteiger partial charge in [-0.15, -0.1) is 0 Å². The molecule has 0 radical (unpaired) electrons. The van der Waals surface area contributed by atoms with Crippen molar-refractivity contribution in [3.63, 3.8) is 0 Å². The fourth-order valence-corrected chi connectivity index (χ4v) is 4.58. The second-order valence-electron chi connectivity index (χ2n) is 6.62. The Hall–Kier alpha value is -2.32. The molecule has 0 saturated carbocycles. The number of carbonyl (C=O) groups is 1. The second kappa shape index (κ2) is 7.74. The maximum atomic E-state index is 14.6. The van der Waals surface area contributed by atoms with E-state index < -0.39 is 39.0 Å². The van der Waals surface area contributed by atoms with E-state index >= 15 is 0 Å². The number of sulfone groups is 1. The van der Waals surface area contributed by atoms with Crippen molar-refractivity contribution >= 4 is 21.4 Å². The van der Waals surface area contributed by atoms with Crippen molar-refractivity contribution in [1.82, 2.24) is 5.32 Å². The van der Waals surface area contributed by atoms with E-state index in [0.29, 0.717) is 25.1 Å². The van der Waals surface area contributed by atoms with Crippen LogP contribution in [0.1, 0.15) is 18.1 Å². The summed E-state index contributed by atoms with van der Waals surface area (Å²) in [5.74, 6) is -2.97. The van der Waals surface area contributed by atoms with Crippen LogP contribution in [0.15, 0.2) is 41.3 Å². The molecule has 1 heterocycles. The van der Waals surface area contributed by atoms with Crippen molar-refractivity contribution in [2.75, 3.05) is 17.6 Å². The summed E-state index contributed by atoms with van der Waals surface area (Å²) in [6, 6.07) is 7.66. The van der Waals surface area contributed by atoms with E-state index in [4.69, 9.17) is 0 Å². The first kappa shape index (κ1) is 19.4. The molecular formula is C19H20F2N2O3S. The summed E-state index contributed by atoms with van der Waals surface area (Å²) in [5.41, 5.74) is 1.47. The third kappa shape index (κ3) is 4.33. The maximum Gasteiger partial charge on any atom is 0.228 e. The lowest BCUT2D eigenvalue weighted by Gasteiger charge is -2.20. The number of halogens is 2. The van der Waals surface area contributed by atoms with Crippen molar-refractivity contribution < 1.29 is 22.0 Å². The molecule has 3 rings (SSSR count). The molecule has 0 aromatic heterocycles. The van der Waals surface area contributed by atoms with E-state index in [-0.39, 0.29) is 10.6 Å². The third-order valence-corrected chi connectivity index (χ3v) is 6.48. The molecule has 1 aliphatic rings. The van der Waals surface area contributed by atoms with Gasteiger partial charge in [0.1, 0.15) is 11.6 Å². The zero-order valence-corrected chi connectivity index (χ0v) is 15.6. The Balaban J connectivity index is 1.72. The summed E-state index contributed by atoms with van der Waals surface area (Å²) in [4.78, 5) is 12.3. The summed E-state index contributed by atoms with van der Waals surface area (Å²) < 4.78 is 52.4. The highest BCUT2D eigenvalue weighted by atomic mass is 32.2. The fraction of sp³-hybridized carbons (Fsp3) is 0.316. The van der Waals surface area contributed by atoms with E-state index in [2.05, 4.69) is 10.6 Å². The molecule has 27 heavy (non-hydrogen) atoms. The molecule has 1 amide bonds. The van der Waals surface area contributed by atoms with E-state index in [9.17, 15) is 22.0 Å². The molecule has 0 fully saturated rings. The minimum Gasteiger partial charge on any atom is -0.323 e. The average molecular weight is 394 g/mol. The highest BCUT2D eigenvalue weighted by Crippen LogP contribution is 2.25. The molecule has 8 heteroatoms. The molecule has 144 valence electrons. The number of benzene rings is 2. The van der Waals surface area contributed by atoms with Gasteiger partial charge in [-0.3, -0.25) is 4.79 Å². The zero-order valence-electron chi connectivity index (χ0n) is 14.8. The van der Waals surface area contributed by atoms with Gasteiger partial charge in [0.2, 0.25) is 5.91 Å². The SMILES string of the molecule is CC(CS(=O)(=O)c1ccc(F)cc1)C(=O)Nc1ccc2c(c1F)CCNC2. The maximum absolute atomic E-state index is 14.6. The van der Waals surface area contributed by atoms with Crippen LogP contribution in [0.5, 0.6) is 0 Å². The number of anilines is 1. The van der Waals surface area contributed by atoms with Gasteiger partial charge in [-0.25, -0.2) is 17.2 Å². The Kier molecular flexibility index (Phi) is 5.57. The molecule has 0 aliphatic carbocycles. The fourth-order valence-electron chi connectivity index (χ4n) is 3.03. The topological polar surface area (TPSA) is 75.3 Å². The summed E-state index contributed by atoms with van der Waals surface area (Å²) in [7, 11) is -3.77. The van der Waals surface area contributed by atoms with Gasteiger partial charge in [0, 0.05) is 12.5 Å². The Bertz CT molecular complexity index is 960. The first-order valence-electron chi connectivity index (χ1n) is 8.58. The van der Waals surface area contributed by atoms with Crippen molar-refractivity contribution in [2.24, 2.45) is 5.92 Å². The molecule has 1 unspecified atom stereocenters. The number of nitrogens with one attached hydrogen (secondary N) is 2. The Morgan fingerprint density at radius 1 is 1.19 bits per heavy atom. The Morgan fingerprint density at radius 3 is 2.59 bits per heavy atom. The van der Waals surface area contributed by atoms with Crippen LogP contribution in [0, 0.1) is 17.6 Å². The quantitative estimate of drug-likeness (QED) is 0.765. The van der Waals surface area contributed by atoms with Crippen molar-refractivity contribution in [3.05, 3.63) is 59.2 Å². The van der Waals surface area contributed by atoms with Gasteiger partial charge in [-0.2, -0.15) is 0 Å². The highest BCUT2D eigenvalue weighted by molar-refractivity contribution is 7.91. The lowest BCUT2D eigenvalue weighted by molar-refractivity contribution is -0.118. The van der Waals surface area contributed by atoms with Crippen LogP contribution in [0.25, 0.3) is 0 Å². The third-order valence-electron chi connectivity index (χ3n) is 4.56. The van der Waals surface area contributed by atoms with Crippen LogP contribution in [-0.4, -0.2) is 26.6 Å². The molecule has 0 saturated heterocycles. The molecule has 2 aromatic carbocycles. The zero-order chi connectivity index (χ0) is 19.6. The molecule has 0 spiro atoms. The van der Waals surface area contributed by atoms with Gasteiger partial charge in [0.15, 0.2) is 9.84 Å². The van der Waals surface area contributed by atoms with Gasteiger partial charge >= 0.3 is 0 Å². The Labute approximate surface area is 156 Å². The Morgan fingerprint density at radius 2 is 1.89 bits per heavy atom. The molecule has 1 atom stereocenters. The summed E-state index contributed by atoms with van der Waals surface area (Å²) in [6.07, 6.45) is 0.527. The summed E-state index contributed by atoms with van der Waals surface area (Å²) >= 11 is 0. The van der Waals surface area contributed by atoms with Gasteiger partial charge in [0.25, 0.3) is 0 Å². The van der Waals surface area contributed by atoms with Crippen LogP contribution >= 0.6 is 0 Å². The smallest absolute Gasteiger partial charge is 0.228 e. The first-order valence-corrected chi connectivity index (χ1v) is 10.2. The van der Waals surface area contributed by atoms with Crippen LogP contribution < -0.4 is 10.6 Å². The van der Waals surface area contributed by atoms with Gasteiger partial charge in [-0.05, 0) is 54.4 Å². The number of amides is 1. The molecule has 2 N–H and O–H groups in total. The van der Waals surface area contributed by atoms with Crippen molar-refractivity contribution in [1.29, 1.82) is 0 Å². The van der Waals surface area contributed by atoms with Crippen LogP contribution in [0.3, 0.4) is 0 Å². The molecule has 2 aromatic rings. The first-order chi connectivity index (χ1) is 12.8. The van der Waals surface area contributed by atoms with Gasteiger partial charge < -0.3 is 10.6 Å². The van der Waals surface area contributed by atoms with Gasteiger partial charge in [-0.1, -0.05) is 13.0 Å². The predicted molar refractivity (Wildman–Crippen MR) is 98.1 cm³/mol. The van der Waals surface area contributed by atoms with Crippen LogP contribution in [0.2, 0.25) is 0 Å². The van der Waals surface area contributed by atoms with E-state index in [1.807, 2.05) is 0 Å². The minimum absolute atomic E-state index is 0.0479. The lowest BCUT2D eigenvalue weighted by Crippen LogP contribution is -2.28. The number of carbonyl (C=O) groups excluding carboxylic acids is 1. The number of rotatable bonds is 5. The predicted octanol–water partition coefficient (Wildman–Crippen LogP) is 2.66.